The van der Waals surface area contributed by atoms with E-state index in [2.05, 4.69) is 5.32 Å². The minimum absolute atomic E-state index is 0.117. The molecule has 6 heteroatoms. The molecular weight excluding hydrogens is 467 g/mol. The molecule has 0 heterocycles. The number of rotatable bonds is 10. The number of halogens is 1. The van der Waals surface area contributed by atoms with Gasteiger partial charge in [-0.2, -0.15) is 0 Å². The van der Waals surface area contributed by atoms with E-state index in [0.29, 0.717) is 12.2 Å². The van der Waals surface area contributed by atoms with E-state index in [1.165, 1.54) is 18.6 Å². The van der Waals surface area contributed by atoms with Crippen LogP contribution in [0, 0.1) is 12.7 Å². The lowest BCUT2D eigenvalue weighted by atomic mass is 9.94. The Labute approximate surface area is 218 Å². The van der Waals surface area contributed by atoms with Crippen LogP contribution in [-0.2, 0) is 22.6 Å². The average Bonchev–Trinajstić information content (AvgIpc) is 2.91. The molecule has 0 bridgehead atoms. The van der Waals surface area contributed by atoms with Gasteiger partial charge in [0.05, 0.1) is 0 Å². The van der Waals surface area contributed by atoms with Crippen molar-refractivity contribution in [2.75, 3.05) is 6.61 Å². The zero-order valence-corrected chi connectivity index (χ0v) is 21.4. The van der Waals surface area contributed by atoms with Crippen molar-refractivity contribution in [2.24, 2.45) is 0 Å². The van der Waals surface area contributed by atoms with E-state index in [1.54, 1.807) is 17.0 Å². The summed E-state index contributed by atoms with van der Waals surface area (Å²) in [7, 11) is 0. The number of benzene rings is 3. The van der Waals surface area contributed by atoms with Gasteiger partial charge in [-0.3, -0.25) is 9.59 Å². The molecule has 1 aliphatic carbocycles. The normalized spacial score (nSPS) is 14.5. The molecule has 0 spiro atoms. The molecular formula is C31H35FN2O3. The fourth-order valence-corrected chi connectivity index (χ4v) is 4.82. The second-order valence-electron chi connectivity index (χ2n) is 9.80. The summed E-state index contributed by atoms with van der Waals surface area (Å²) >= 11 is 0. The highest BCUT2D eigenvalue weighted by atomic mass is 19.1. The van der Waals surface area contributed by atoms with Gasteiger partial charge in [0.2, 0.25) is 5.91 Å². The number of ether oxygens (including phenoxy) is 1. The molecule has 1 fully saturated rings. The van der Waals surface area contributed by atoms with Gasteiger partial charge in [0, 0.05) is 19.0 Å². The van der Waals surface area contributed by atoms with Crippen LogP contribution in [0.5, 0.6) is 5.75 Å². The van der Waals surface area contributed by atoms with E-state index >= 15 is 0 Å². The van der Waals surface area contributed by atoms with Crippen molar-refractivity contribution in [3.8, 4) is 5.75 Å². The van der Waals surface area contributed by atoms with Crippen molar-refractivity contribution in [2.45, 2.75) is 64.1 Å². The second-order valence-corrected chi connectivity index (χ2v) is 9.80. The van der Waals surface area contributed by atoms with E-state index in [9.17, 15) is 14.0 Å². The molecule has 0 saturated heterocycles. The Morgan fingerprint density at radius 2 is 1.68 bits per heavy atom. The summed E-state index contributed by atoms with van der Waals surface area (Å²) in [5.74, 6) is -0.214. The highest BCUT2D eigenvalue weighted by molar-refractivity contribution is 5.88. The van der Waals surface area contributed by atoms with E-state index in [0.717, 1.165) is 42.4 Å². The third kappa shape index (κ3) is 7.91. The van der Waals surface area contributed by atoms with Crippen LogP contribution < -0.4 is 10.1 Å². The molecule has 0 aromatic heterocycles. The lowest BCUT2D eigenvalue weighted by Crippen LogP contribution is -2.53. The summed E-state index contributed by atoms with van der Waals surface area (Å²) < 4.78 is 19.4. The number of nitrogens with one attached hydrogen (secondary N) is 1. The first-order valence-electron chi connectivity index (χ1n) is 13.1. The van der Waals surface area contributed by atoms with Gasteiger partial charge in [-0.05, 0) is 60.7 Å². The molecule has 3 aromatic carbocycles. The first-order chi connectivity index (χ1) is 18.0. The highest BCUT2D eigenvalue weighted by Gasteiger charge is 2.32. The maximum atomic E-state index is 13.7. The topological polar surface area (TPSA) is 58.6 Å². The van der Waals surface area contributed by atoms with Gasteiger partial charge in [-0.25, -0.2) is 4.39 Å². The Morgan fingerprint density at radius 1 is 0.946 bits per heavy atom. The molecule has 0 radical (unpaired) electrons. The Morgan fingerprint density at radius 3 is 2.38 bits per heavy atom. The van der Waals surface area contributed by atoms with Gasteiger partial charge < -0.3 is 15.0 Å². The maximum Gasteiger partial charge on any atom is 0.261 e. The monoisotopic (exact) mass is 502 g/mol. The van der Waals surface area contributed by atoms with Crippen LogP contribution in [0.4, 0.5) is 4.39 Å². The van der Waals surface area contributed by atoms with Gasteiger partial charge in [0.1, 0.15) is 17.6 Å². The fourth-order valence-electron chi connectivity index (χ4n) is 4.82. The first kappa shape index (κ1) is 26.4. The van der Waals surface area contributed by atoms with Crippen LogP contribution in [0.15, 0.2) is 78.9 Å². The van der Waals surface area contributed by atoms with Crippen LogP contribution in [0.25, 0.3) is 0 Å². The lowest BCUT2D eigenvalue weighted by Gasteiger charge is -2.33. The number of nitrogens with zero attached hydrogens (tertiary/aromatic N) is 1. The Kier molecular flexibility index (Phi) is 9.30. The van der Waals surface area contributed by atoms with Gasteiger partial charge >= 0.3 is 0 Å². The number of amides is 2. The highest BCUT2D eigenvalue weighted by Crippen LogP contribution is 2.20. The largest absolute Gasteiger partial charge is 0.484 e. The zero-order valence-electron chi connectivity index (χ0n) is 21.4. The van der Waals surface area contributed by atoms with Crippen LogP contribution >= 0.6 is 0 Å². The fraction of sp³-hybridized carbons (Fsp3) is 0.355. The molecule has 194 valence electrons. The van der Waals surface area contributed by atoms with E-state index in [1.807, 2.05) is 61.5 Å². The predicted octanol–water partition coefficient (Wildman–Crippen LogP) is 5.60. The second kappa shape index (κ2) is 13.0. The molecule has 1 aliphatic rings. The van der Waals surface area contributed by atoms with Crippen molar-refractivity contribution >= 4 is 11.8 Å². The molecule has 0 aliphatic heterocycles. The molecule has 1 atom stereocenters. The average molecular weight is 503 g/mol. The minimum atomic E-state index is -0.733. The number of carbonyl (C=O) groups excluding carboxylic acids is 2. The summed E-state index contributed by atoms with van der Waals surface area (Å²) in [5, 5.41) is 3.22. The summed E-state index contributed by atoms with van der Waals surface area (Å²) in [4.78, 5) is 28.9. The van der Waals surface area contributed by atoms with Crippen molar-refractivity contribution in [3.63, 3.8) is 0 Å². The molecule has 3 aromatic rings. The van der Waals surface area contributed by atoms with Crippen LogP contribution in [0.3, 0.4) is 0 Å². The number of carbonyl (C=O) groups is 2. The summed E-state index contributed by atoms with van der Waals surface area (Å²) in [6.07, 6.45) is 5.65. The number of aryl methyl sites for hydroxylation is 1. The SMILES string of the molecule is Cc1cccc(OCC(=O)N(Cc2ccc(F)cc2)[C@H](Cc2ccccc2)C(=O)NC2CCCCC2)c1. The smallest absolute Gasteiger partial charge is 0.261 e. The summed E-state index contributed by atoms with van der Waals surface area (Å²) in [6, 6.07) is 22.6. The van der Waals surface area contributed by atoms with Crippen LogP contribution in [0.1, 0.15) is 48.8 Å². The van der Waals surface area contributed by atoms with E-state index in [4.69, 9.17) is 4.74 Å². The van der Waals surface area contributed by atoms with Crippen molar-refractivity contribution < 1.29 is 18.7 Å². The standard InChI is InChI=1S/C31H35FN2O3/c1-23-9-8-14-28(19-23)37-22-30(35)34(21-25-15-17-26(32)18-16-25)29(20-24-10-4-2-5-11-24)31(36)33-27-12-6-3-7-13-27/h2,4-5,8-11,14-19,27,29H,3,6-7,12-13,20-22H2,1H3,(H,33,36)/t29-/m1/s1. The molecule has 1 saturated carbocycles. The minimum Gasteiger partial charge on any atom is -0.484 e. The van der Waals surface area contributed by atoms with Crippen molar-refractivity contribution in [1.82, 2.24) is 10.2 Å². The Bertz CT molecular complexity index is 1160. The molecule has 5 nitrogen and oxygen atoms in total. The van der Waals surface area contributed by atoms with Gasteiger partial charge in [0.25, 0.3) is 5.91 Å². The van der Waals surface area contributed by atoms with Gasteiger partial charge in [0.15, 0.2) is 6.61 Å². The van der Waals surface area contributed by atoms with Crippen molar-refractivity contribution in [1.29, 1.82) is 0 Å². The van der Waals surface area contributed by atoms with E-state index in [-0.39, 0.29) is 36.8 Å². The first-order valence-corrected chi connectivity index (χ1v) is 13.1. The number of hydrogen-bond donors (Lipinski definition) is 1. The predicted molar refractivity (Wildman–Crippen MR) is 143 cm³/mol. The molecule has 1 N–H and O–H groups in total. The lowest BCUT2D eigenvalue weighted by molar-refractivity contribution is -0.143. The van der Waals surface area contributed by atoms with Crippen molar-refractivity contribution in [3.05, 3.63) is 101 Å². The van der Waals surface area contributed by atoms with E-state index < -0.39 is 6.04 Å². The number of hydrogen-bond acceptors (Lipinski definition) is 3. The zero-order chi connectivity index (χ0) is 26.0. The molecule has 4 rings (SSSR count). The Balaban J connectivity index is 1.60. The molecule has 37 heavy (non-hydrogen) atoms. The quantitative estimate of drug-likeness (QED) is 0.393. The summed E-state index contributed by atoms with van der Waals surface area (Å²) in [5.41, 5.74) is 2.73. The van der Waals surface area contributed by atoms with Gasteiger partial charge in [-0.1, -0.05) is 73.9 Å². The third-order valence-corrected chi connectivity index (χ3v) is 6.84. The Hall–Kier alpha value is -3.67. The van der Waals surface area contributed by atoms with Crippen LogP contribution in [0.2, 0.25) is 0 Å². The summed E-state index contributed by atoms with van der Waals surface area (Å²) in [6.45, 7) is 1.93. The molecule has 2 amide bonds. The van der Waals surface area contributed by atoms with Crippen LogP contribution in [-0.4, -0.2) is 35.4 Å². The molecule has 0 unspecified atom stereocenters. The van der Waals surface area contributed by atoms with Gasteiger partial charge in [-0.15, -0.1) is 0 Å². The maximum absolute atomic E-state index is 13.7. The third-order valence-electron chi connectivity index (χ3n) is 6.84.